The summed E-state index contributed by atoms with van der Waals surface area (Å²) >= 11 is 0. The Morgan fingerprint density at radius 3 is 2.96 bits per heavy atom. The fourth-order valence-electron chi connectivity index (χ4n) is 3.48. The molecule has 1 aliphatic heterocycles. The Labute approximate surface area is 157 Å². The molecule has 2 amide bonds. The number of urea groups is 1. The second-order valence-electron chi connectivity index (χ2n) is 6.60. The number of nitrogens with one attached hydrogen (secondary N) is 1. The molecule has 0 spiro atoms. The number of carbonyl (C=O) groups is 1. The Morgan fingerprint density at radius 2 is 2.22 bits per heavy atom. The van der Waals surface area contributed by atoms with E-state index in [1.54, 1.807) is 12.6 Å². The molecule has 3 aromatic heterocycles. The highest BCUT2D eigenvalue weighted by Crippen LogP contribution is 2.26. The average molecular weight is 365 g/mol. The van der Waals surface area contributed by atoms with Gasteiger partial charge in [-0.2, -0.15) is 0 Å². The van der Waals surface area contributed by atoms with Crippen molar-refractivity contribution in [3.8, 4) is 0 Å². The zero-order valence-corrected chi connectivity index (χ0v) is 15.4. The molecule has 0 unspecified atom stereocenters. The van der Waals surface area contributed by atoms with Gasteiger partial charge < -0.3 is 14.6 Å². The van der Waals surface area contributed by atoms with Crippen molar-refractivity contribution in [3.05, 3.63) is 59.9 Å². The van der Waals surface area contributed by atoms with Gasteiger partial charge in [0, 0.05) is 37.3 Å². The van der Waals surface area contributed by atoms with E-state index in [1.807, 2.05) is 24.0 Å². The van der Waals surface area contributed by atoms with Crippen LogP contribution < -0.4 is 5.32 Å². The second-order valence-corrected chi connectivity index (χ2v) is 6.60. The van der Waals surface area contributed by atoms with Crippen molar-refractivity contribution in [1.82, 2.24) is 24.8 Å². The number of rotatable bonds is 5. The maximum atomic E-state index is 12.0. The summed E-state index contributed by atoms with van der Waals surface area (Å²) in [6, 6.07) is 8.15. The van der Waals surface area contributed by atoms with Gasteiger partial charge in [-0.05, 0) is 49.6 Å². The fourth-order valence-corrected chi connectivity index (χ4v) is 3.48. The van der Waals surface area contributed by atoms with Crippen LogP contribution >= 0.6 is 0 Å². The number of aryl methyl sites for hydroxylation is 2. The predicted molar refractivity (Wildman–Crippen MR) is 102 cm³/mol. The Balaban J connectivity index is 1.54. The predicted octanol–water partition coefficient (Wildman–Crippen LogP) is 2.93. The third kappa shape index (κ3) is 3.58. The summed E-state index contributed by atoms with van der Waals surface area (Å²) in [6.45, 7) is 3.89. The number of fused-ring (bicyclic) bond motifs is 1. The van der Waals surface area contributed by atoms with Gasteiger partial charge in [0.25, 0.3) is 0 Å². The molecule has 0 atom stereocenters. The highest BCUT2D eigenvalue weighted by Gasteiger charge is 2.19. The van der Waals surface area contributed by atoms with E-state index in [0.29, 0.717) is 19.6 Å². The van der Waals surface area contributed by atoms with E-state index >= 15 is 0 Å². The van der Waals surface area contributed by atoms with Crippen LogP contribution in [0, 0.1) is 0 Å². The Kier molecular flexibility index (Phi) is 4.91. The lowest BCUT2D eigenvalue weighted by Gasteiger charge is -2.26. The van der Waals surface area contributed by atoms with Crippen LogP contribution in [0.15, 0.2) is 47.3 Å². The van der Waals surface area contributed by atoms with Gasteiger partial charge in [0.2, 0.25) is 0 Å². The van der Waals surface area contributed by atoms with E-state index in [0.717, 1.165) is 41.9 Å². The summed E-state index contributed by atoms with van der Waals surface area (Å²) in [7, 11) is 0. The average Bonchev–Trinajstić information content (AvgIpc) is 3.38. The summed E-state index contributed by atoms with van der Waals surface area (Å²) in [5.41, 5.74) is 4.32. The smallest absolute Gasteiger partial charge is 0.317 e. The van der Waals surface area contributed by atoms with Gasteiger partial charge in [-0.25, -0.2) is 4.79 Å². The first kappa shape index (κ1) is 17.3. The van der Waals surface area contributed by atoms with Crippen LogP contribution in [-0.2, 0) is 12.8 Å². The molecular weight excluding hydrogens is 342 g/mol. The molecule has 7 nitrogen and oxygen atoms in total. The minimum atomic E-state index is -0.00583. The molecule has 3 aromatic rings. The van der Waals surface area contributed by atoms with Crippen molar-refractivity contribution in [2.75, 3.05) is 19.6 Å². The van der Waals surface area contributed by atoms with Crippen molar-refractivity contribution < 1.29 is 9.21 Å². The molecule has 4 rings (SSSR count). The maximum absolute atomic E-state index is 12.0. The van der Waals surface area contributed by atoms with E-state index in [-0.39, 0.29) is 6.03 Å². The molecule has 0 aliphatic carbocycles. The number of furan rings is 1. The van der Waals surface area contributed by atoms with Crippen molar-refractivity contribution in [2.24, 2.45) is 0 Å². The van der Waals surface area contributed by atoms with E-state index in [1.165, 1.54) is 5.57 Å². The highest BCUT2D eigenvalue weighted by molar-refractivity contribution is 5.79. The van der Waals surface area contributed by atoms with Gasteiger partial charge in [-0.15, -0.1) is 10.2 Å². The van der Waals surface area contributed by atoms with Crippen LogP contribution in [0.3, 0.4) is 0 Å². The van der Waals surface area contributed by atoms with Crippen molar-refractivity contribution >= 4 is 17.3 Å². The van der Waals surface area contributed by atoms with Crippen molar-refractivity contribution in [1.29, 1.82) is 0 Å². The number of pyridine rings is 1. The van der Waals surface area contributed by atoms with Crippen LogP contribution in [0.2, 0.25) is 0 Å². The molecule has 0 fully saturated rings. The molecule has 0 saturated carbocycles. The third-order valence-electron chi connectivity index (χ3n) is 4.92. The van der Waals surface area contributed by atoms with E-state index in [4.69, 9.17) is 4.42 Å². The summed E-state index contributed by atoms with van der Waals surface area (Å²) in [5.74, 6) is 0.973. The van der Waals surface area contributed by atoms with Crippen LogP contribution in [0.4, 0.5) is 4.79 Å². The fraction of sp³-hybridized carbons (Fsp3) is 0.350. The Morgan fingerprint density at radius 1 is 1.30 bits per heavy atom. The van der Waals surface area contributed by atoms with Gasteiger partial charge >= 0.3 is 6.03 Å². The first-order chi connectivity index (χ1) is 13.3. The molecule has 1 aliphatic rings. The molecule has 27 heavy (non-hydrogen) atoms. The van der Waals surface area contributed by atoms with E-state index in [2.05, 4.69) is 38.1 Å². The standard InChI is InChI=1S/C20H23N5O2/c1-2-21-20(26)24-11-9-15(10-12-24)18-8-6-16(25-14-22-23-19(18)25)5-7-17-4-3-13-27-17/h3-4,6,8-9,13-14H,2,5,7,10-12H2,1H3,(H,21,26). The van der Waals surface area contributed by atoms with Crippen LogP contribution in [-0.4, -0.2) is 45.2 Å². The van der Waals surface area contributed by atoms with Gasteiger partial charge in [0.1, 0.15) is 12.1 Å². The molecule has 4 heterocycles. The number of aromatic nitrogens is 3. The van der Waals surface area contributed by atoms with Gasteiger partial charge in [-0.1, -0.05) is 6.08 Å². The number of hydrogen-bond donors (Lipinski definition) is 1. The monoisotopic (exact) mass is 365 g/mol. The lowest BCUT2D eigenvalue weighted by Crippen LogP contribution is -2.41. The molecule has 0 radical (unpaired) electrons. The zero-order chi connectivity index (χ0) is 18.6. The summed E-state index contributed by atoms with van der Waals surface area (Å²) in [6.07, 6.45) is 8.08. The van der Waals surface area contributed by atoms with Gasteiger partial charge in [0.15, 0.2) is 5.65 Å². The number of carbonyl (C=O) groups excluding carboxylic acids is 1. The molecule has 0 bridgehead atoms. The lowest BCUT2D eigenvalue weighted by atomic mass is 9.99. The largest absolute Gasteiger partial charge is 0.469 e. The Bertz CT molecular complexity index is 958. The highest BCUT2D eigenvalue weighted by atomic mass is 16.3. The number of hydrogen-bond acceptors (Lipinski definition) is 4. The molecule has 0 saturated heterocycles. The quantitative estimate of drug-likeness (QED) is 0.754. The Hall–Kier alpha value is -3.09. The van der Waals surface area contributed by atoms with Crippen LogP contribution in [0.25, 0.3) is 11.2 Å². The minimum absolute atomic E-state index is 0.00583. The van der Waals surface area contributed by atoms with Gasteiger partial charge in [0.05, 0.1) is 6.26 Å². The van der Waals surface area contributed by atoms with E-state index < -0.39 is 0 Å². The maximum Gasteiger partial charge on any atom is 0.317 e. The minimum Gasteiger partial charge on any atom is -0.469 e. The first-order valence-corrected chi connectivity index (χ1v) is 9.32. The molecular formula is C20H23N5O2. The van der Waals surface area contributed by atoms with Crippen molar-refractivity contribution in [3.63, 3.8) is 0 Å². The third-order valence-corrected chi connectivity index (χ3v) is 4.92. The SMILES string of the molecule is CCNC(=O)N1CC=C(c2ccc(CCc3ccco3)n3cnnc23)CC1. The van der Waals surface area contributed by atoms with E-state index in [9.17, 15) is 4.79 Å². The molecule has 140 valence electrons. The normalized spacial score (nSPS) is 14.4. The molecule has 1 N–H and O–H groups in total. The first-order valence-electron chi connectivity index (χ1n) is 9.32. The van der Waals surface area contributed by atoms with Crippen LogP contribution in [0.5, 0.6) is 0 Å². The lowest BCUT2D eigenvalue weighted by molar-refractivity contribution is 0.203. The van der Waals surface area contributed by atoms with Gasteiger partial charge in [-0.3, -0.25) is 4.40 Å². The zero-order valence-electron chi connectivity index (χ0n) is 15.4. The number of amides is 2. The summed E-state index contributed by atoms with van der Waals surface area (Å²) < 4.78 is 7.48. The molecule has 0 aromatic carbocycles. The summed E-state index contributed by atoms with van der Waals surface area (Å²) in [4.78, 5) is 13.8. The van der Waals surface area contributed by atoms with Crippen molar-refractivity contribution in [2.45, 2.75) is 26.2 Å². The number of nitrogens with zero attached hydrogens (tertiary/aromatic N) is 4. The second kappa shape index (κ2) is 7.65. The van der Waals surface area contributed by atoms with Crippen LogP contribution in [0.1, 0.15) is 30.4 Å². The topological polar surface area (TPSA) is 75.7 Å². The molecule has 7 heteroatoms. The summed E-state index contributed by atoms with van der Waals surface area (Å²) in [5, 5.41) is 11.3.